The molecule has 0 radical (unpaired) electrons. The van der Waals surface area contributed by atoms with Gasteiger partial charge in [-0.3, -0.25) is 4.79 Å². The number of carbonyl (C=O) groups is 1. The number of hydrogen-bond acceptors (Lipinski definition) is 2. The maximum Gasteiger partial charge on any atom is 0.223 e. The van der Waals surface area contributed by atoms with Crippen LogP contribution in [0.25, 0.3) is 0 Å². The Morgan fingerprint density at radius 2 is 1.95 bits per heavy atom. The van der Waals surface area contributed by atoms with Gasteiger partial charge >= 0.3 is 0 Å². The molecular weight excluding hydrogens is 257 g/mol. The van der Waals surface area contributed by atoms with Crippen molar-refractivity contribution in [3.8, 4) is 0 Å². The lowest BCUT2D eigenvalue weighted by Gasteiger charge is -2.22. The first-order valence-electron chi connectivity index (χ1n) is 7.33. The average Bonchev–Trinajstić information content (AvgIpc) is 3.13. The number of aliphatic hydroxyl groups is 1. The molecule has 2 saturated carbocycles. The van der Waals surface area contributed by atoms with Gasteiger partial charge in [-0.05, 0) is 42.9 Å². The molecule has 0 heterocycles. The number of benzene rings is 1. The van der Waals surface area contributed by atoms with Crippen LogP contribution in [0, 0.1) is 11.7 Å². The van der Waals surface area contributed by atoms with Crippen molar-refractivity contribution in [3.63, 3.8) is 0 Å². The maximum absolute atomic E-state index is 12.9. The van der Waals surface area contributed by atoms with Crippen molar-refractivity contribution in [2.45, 2.75) is 43.6 Å². The number of amides is 1. The molecule has 20 heavy (non-hydrogen) atoms. The van der Waals surface area contributed by atoms with Crippen molar-refractivity contribution in [1.82, 2.24) is 5.32 Å². The molecule has 1 aromatic rings. The highest BCUT2D eigenvalue weighted by Gasteiger charge is 2.44. The summed E-state index contributed by atoms with van der Waals surface area (Å²) < 4.78 is 12.9. The molecule has 0 bridgehead atoms. The van der Waals surface area contributed by atoms with E-state index >= 15 is 0 Å². The van der Waals surface area contributed by atoms with Crippen molar-refractivity contribution < 1.29 is 14.3 Å². The van der Waals surface area contributed by atoms with Crippen molar-refractivity contribution in [2.24, 2.45) is 5.92 Å². The molecule has 0 aliphatic heterocycles. The van der Waals surface area contributed by atoms with Crippen LogP contribution >= 0.6 is 0 Å². The Labute approximate surface area is 118 Å². The minimum absolute atomic E-state index is 0.0136. The smallest absolute Gasteiger partial charge is 0.223 e. The van der Waals surface area contributed by atoms with E-state index in [1.165, 1.54) is 12.1 Å². The van der Waals surface area contributed by atoms with Gasteiger partial charge < -0.3 is 10.4 Å². The van der Waals surface area contributed by atoms with E-state index in [-0.39, 0.29) is 23.6 Å². The predicted molar refractivity (Wildman–Crippen MR) is 73.7 cm³/mol. The summed E-state index contributed by atoms with van der Waals surface area (Å²) in [6, 6.07) is 6.36. The third kappa shape index (κ3) is 2.85. The van der Waals surface area contributed by atoms with Crippen LogP contribution in [0.1, 0.15) is 43.6 Å². The van der Waals surface area contributed by atoms with Crippen molar-refractivity contribution >= 4 is 5.91 Å². The topological polar surface area (TPSA) is 49.3 Å². The molecule has 0 aromatic heterocycles. The van der Waals surface area contributed by atoms with Crippen LogP contribution in [0.2, 0.25) is 0 Å². The lowest BCUT2D eigenvalue weighted by atomic mass is 10.0. The van der Waals surface area contributed by atoms with E-state index in [2.05, 4.69) is 5.32 Å². The first kappa shape index (κ1) is 13.6. The van der Waals surface area contributed by atoms with Crippen molar-refractivity contribution in [2.75, 3.05) is 6.54 Å². The maximum atomic E-state index is 12.9. The monoisotopic (exact) mass is 277 g/mol. The van der Waals surface area contributed by atoms with Gasteiger partial charge in [0.2, 0.25) is 5.91 Å². The van der Waals surface area contributed by atoms with Gasteiger partial charge in [0.1, 0.15) is 5.82 Å². The minimum Gasteiger partial charge on any atom is -0.388 e. The number of hydrogen-bond donors (Lipinski definition) is 2. The molecule has 108 valence electrons. The largest absolute Gasteiger partial charge is 0.388 e. The van der Waals surface area contributed by atoms with Gasteiger partial charge in [0.15, 0.2) is 0 Å². The van der Waals surface area contributed by atoms with Crippen LogP contribution < -0.4 is 5.32 Å². The van der Waals surface area contributed by atoms with Crippen LogP contribution in [-0.2, 0) is 4.79 Å². The highest BCUT2D eigenvalue weighted by atomic mass is 19.1. The number of rotatable bonds is 4. The van der Waals surface area contributed by atoms with Gasteiger partial charge in [-0.1, -0.05) is 25.0 Å². The lowest BCUT2D eigenvalue weighted by molar-refractivity contribution is -0.123. The fourth-order valence-corrected chi connectivity index (χ4v) is 3.16. The SMILES string of the molecule is O=C(NCC1(O)CCCC1)C1CC1c1ccc(F)cc1. The van der Waals surface area contributed by atoms with E-state index < -0.39 is 5.60 Å². The molecule has 3 rings (SSSR count). The fourth-order valence-electron chi connectivity index (χ4n) is 3.16. The number of halogens is 1. The summed E-state index contributed by atoms with van der Waals surface area (Å²) in [5, 5.41) is 13.1. The van der Waals surface area contributed by atoms with Gasteiger partial charge in [-0.25, -0.2) is 4.39 Å². The summed E-state index contributed by atoms with van der Waals surface area (Å²) in [5.41, 5.74) is 0.321. The van der Waals surface area contributed by atoms with Gasteiger partial charge in [0.25, 0.3) is 0 Å². The van der Waals surface area contributed by atoms with Crippen LogP contribution in [0.4, 0.5) is 4.39 Å². The predicted octanol–water partition coefficient (Wildman–Crippen LogP) is 2.35. The third-order valence-electron chi connectivity index (χ3n) is 4.55. The summed E-state index contributed by atoms with van der Waals surface area (Å²) in [6.07, 6.45) is 4.44. The minimum atomic E-state index is -0.698. The second-order valence-corrected chi connectivity index (χ2v) is 6.15. The van der Waals surface area contributed by atoms with Gasteiger partial charge in [0.05, 0.1) is 5.60 Å². The normalized spacial score (nSPS) is 27.3. The Hall–Kier alpha value is -1.42. The number of nitrogens with one attached hydrogen (secondary N) is 1. The Kier molecular flexibility index (Phi) is 3.50. The Morgan fingerprint density at radius 3 is 2.60 bits per heavy atom. The summed E-state index contributed by atoms with van der Waals surface area (Å²) in [7, 11) is 0. The zero-order valence-corrected chi connectivity index (χ0v) is 11.4. The van der Waals surface area contributed by atoms with E-state index in [1.807, 2.05) is 0 Å². The van der Waals surface area contributed by atoms with E-state index in [0.29, 0.717) is 6.54 Å². The Balaban J connectivity index is 1.51. The van der Waals surface area contributed by atoms with Crippen molar-refractivity contribution in [1.29, 1.82) is 0 Å². The van der Waals surface area contributed by atoms with Crippen LogP contribution in [0.5, 0.6) is 0 Å². The zero-order valence-electron chi connectivity index (χ0n) is 11.4. The molecule has 2 aliphatic rings. The second-order valence-electron chi connectivity index (χ2n) is 6.15. The van der Waals surface area contributed by atoms with E-state index in [9.17, 15) is 14.3 Å². The molecule has 2 unspecified atom stereocenters. The highest BCUT2D eigenvalue weighted by molar-refractivity contribution is 5.82. The first-order valence-corrected chi connectivity index (χ1v) is 7.33. The molecule has 2 N–H and O–H groups in total. The van der Waals surface area contributed by atoms with E-state index in [0.717, 1.165) is 37.7 Å². The third-order valence-corrected chi connectivity index (χ3v) is 4.55. The van der Waals surface area contributed by atoms with E-state index in [4.69, 9.17) is 0 Å². The van der Waals surface area contributed by atoms with Gasteiger partial charge in [-0.15, -0.1) is 0 Å². The van der Waals surface area contributed by atoms with E-state index in [1.54, 1.807) is 12.1 Å². The summed E-state index contributed by atoms with van der Waals surface area (Å²) in [6.45, 7) is 0.360. The second kappa shape index (κ2) is 5.17. The van der Waals surface area contributed by atoms with Crippen LogP contribution in [0.3, 0.4) is 0 Å². The molecule has 1 aromatic carbocycles. The molecule has 2 atom stereocenters. The quantitative estimate of drug-likeness (QED) is 0.887. The number of carbonyl (C=O) groups excluding carboxylic acids is 1. The molecule has 2 fully saturated rings. The molecule has 0 saturated heterocycles. The Bertz CT molecular complexity index is 494. The standard InChI is InChI=1S/C16H20FNO2/c17-12-5-3-11(4-6-12)13-9-14(13)15(19)18-10-16(20)7-1-2-8-16/h3-6,13-14,20H,1-2,7-10H2,(H,18,19). The highest BCUT2D eigenvalue weighted by Crippen LogP contribution is 2.47. The zero-order chi connectivity index (χ0) is 14.2. The molecule has 3 nitrogen and oxygen atoms in total. The first-order chi connectivity index (χ1) is 9.57. The average molecular weight is 277 g/mol. The fraction of sp³-hybridized carbons (Fsp3) is 0.562. The molecule has 2 aliphatic carbocycles. The Morgan fingerprint density at radius 1 is 1.30 bits per heavy atom. The van der Waals surface area contributed by atoms with Gasteiger partial charge in [-0.2, -0.15) is 0 Å². The molecular formula is C16H20FNO2. The summed E-state index contributed by atoms with van der Waals surface area (Å²) >= 11 is 0. The van der Waals surface area contributed by atoms with Crippen molar-refractivity contribution in [3.05, 3.63) is 35.6 Å². The molecule has 0 spiro atoms. The summed E-state index contributed by atoms with van der Waals surface area (Å²) in [4.78, 5) is 12.1. The molecule has 1 amide bonds. The lowest BCUT2D eigenvalue weighted by Crippen LogP contribution is -2.41. The van der Waals surface area contributed by atoms with Gasteiger partial charge in [0, 0.05) is 12.5 Å². The van der Waals surface area contributed by atoms with Crippen LogP contribution in [0.15, 0.2) is 24.3 Å². The summed E-state index contributed by atoms with van der Waals surface area (Å²) in [5.74, 6) is -0.0576. The van der Waals surface area contributed by atoms with Crippen LogP contribution in [-0.4, -0.2) is 23.2 Å². The molecule has 4 heteroatoms.